The highest BCUT2D eigenvalue weighted by molar-refractivity contribution is 5.94. The fraction of sp³-hybridized carbons (Fsp3) is 0.667. The van der Waals surface area contributed by atoms with E-state index in [0.717, 1.165) is 43.1 Å². The molecule has 1 aliphatic rings. The molecule has 0 saturated heterocycles. The molecule has 8 nitrogen and oxygen atoms in total. The van der Waals surface area contributed by atoms with Gasteiger partial charge in [-0.25, -0.2) is 0 Å². The Morgan fingerprint density at radius 1 is 1.19 bits per heavy atom. The van der Waals surface area contributed by atoms with Crippen molar-refractivity contribution in [1.29, 1.82) is 0 Å². The van der Waals surface area contributed by atoms with Crippen LogP contribution in [0.5, 0.6) is 11.5 Å². The van der Waals surface area contributed by atoms with Gasteiger partial charge in [-0.15, -0.1) is 0 Å². The highest BCUT2D eigenvalue weighted by Gasteiger charge is 2.12. The molecular formula is C24H40N4O4. The van der Waals surface area contributed by atoms with Crippen LogP contribution in [0.4, 0.5) is 5.69 Å². The molecular weight excluding hydrogens is 408 g/mol. The molecule has 1 aromatic carbocycles. The highest BCUT2D eigenvalue weighted by atomic mass is 16.5. The molecule has 1 heterocycles. The van der Waals surface area contributed by atoms with Crippen LogP contribution >= 0.6 is 0 Å². The molecule has 0 spiro atoms. The zero-order chi connectivity index (χ0) is 23.2. The van der Waals surface area contributed by atoms with Crippen LogP contribution in [0.25, 0.3) is 0 Å². The number of nitrogens with one attached hydrogen (secondary N) is 3. The summed E-state index contributed by atoms with van der Waals surface area (Å²) >= 11 is 0. The first kappa shape index (κ1) is 25.8. The summed E-state index contributed by atoms with van der Waals surface area (Å²) in [7, 11) is 0. The van der Waals surface area contributed by atoms with E-state index in [4.69, 9.17) is 14.2 Å². The van der Waals surface area contributed by atoms with Crippen molar-refractivity contribution < 1.29 is 19.0 Å². The minimum atomic E-state index is 0.0314. The van der Waals surface area contributed by atoms with Crippen LogP contribution in [-0.2, 0) is 9.53 Å². The quantitative estimate of drug-likeness (QED) is 0.257. The molecule has 0 aliphatic carbocycles. The summed E-state index contributed by atoms with van der Waals surface area (Å²) < 4.78 is 17.1. The first-order chi connectivity index (χ1) is 15.5. The SMILES string of the molecule is CCC(C)NC(=O)CCNC(=NCCCOCC(C)C)Nc1ccc2c(c1)OCCCO2. The minimum absolute atomic E-state index is 0.0314. The van der Waals surface area contributed by atoms with Gasteiger partial charge in [-0.1, -0.05) is 20.8 Å². The van der Waals surface area contributed by atoms with E-state index in [2.05, 4.69) is 41.7 Å². The van der Waals surface area contributed by atoms with Gasteiger partial charge >= 0.3 is 0 Å². The lowest BCUT2D eigenvalue weighted by molar-refractivity contribution is -0.121. The number of hydrogen-bond acceptors (Lipinski definition) is 5. The third kappa shape index (κ3) is 10.2. The molecule has 0 fully saturated rings. The number of aliphatic imine (C=N–C) groups is 1. The van der Waals surface area contributed by atoms with E-state index < -0.39 is 0 Å². The molecule has 1 amide bonds. The van der Waals surface area contributed by atoms with Gasteiger partial charge in [0.2, 0.25) is 5.91 Å². The Bertz CT molecular complexity index is 724. The molecule has 2 rings (SSSR count). The molecule has 0 aromatic heterocycles. The Balaban J connectivity index is 1.92. The number of anilines is 1. The first-order valence-corrected chi connectivity index (χ1v) is 11.8. The lowest BCUT2D eigenvalue weighted by Gasteiger charge is -2.15. The maximum atomic E-state index is 12.1. The van der Waals surface area contributed by atoms with E-state index in [1.54, 1.807) is 0 Å². The van der Waals surface area contributed by atoms with Gasteiger partial charge in [0.05, 0.1) is 13.2 Å². The maximum absolute atomic E-state index is 12.1. The standard InChI is InChI=1S/C24H40N4O4/c1-5-19(4)27-23(29)10-12-26-24(25-11-6-13-30-17-18(2)3)28-20-8-9-21-22(16-20)32-15-7-14-31-21/h8-9,16,18-19H,5-7,10-15,17H2,1-4H3,(H,27,29)(H2,25,26,28). The number of fused-ring (bicyclic) bond motifs is 1. The van der Waals surface area contributed by atoms with E-state index >= 15 is 0 Å². The summed E-state index contributed by atoms with van der Waals surface area (Å²) in [5, 5.41) is 9.55. The third-order valence-electron chi connectivity index (χ3n) is 4.84. The topological polar surface area (TPSA) is 93.2 Å². The van der Waals surface area contributed by atoms with Gasteiger partial charge < -0.3 is 30.2 Å². The van der Waals surface area contributed by atoms with Gasteiger partial charge in [-0.05, 0) is 37.8 Å². The largest absolute Gasteiger partial charge is 0.490 e. The summed E-state index contributed by atoms with van der Waals surface area (Å²) in [6, 6.07) is 5.94. The van der Waals surface area contributed by atoms with Crippen molar-refractivity contribution in [3.63, 3.8) is 0 Å². The number of rotatable bonds is 12. The number of carbonyl (C=O) groups is 1. The molecule has 0 radical (unpaired) electrons. The third-order valence-corrected chi connectivity index (χ3v) is 4.84. The average molecular weight is 449 g/mol. The number of carbonyl (C=O) groups excluding carboxylic acids is 1. The average Bonchev–Trinajstić information content (AvgIpc) is 3.00. The summed E-state index contributed by atoms with van der Waals surface area (Å²) in [6.45, 7) is 12.2. The van der Waals surface area contributed by atoms with Gasteiger partial charge in [0.15, 0.2) is 17.5 Å². The van der Waals surface area contributed by atoms with E-state index in [1.165, 1.54) is 0 Å². The smallest absolute Gasteiger partial charge is 0.221 e. The Morgan fingerprint density at radius 3 is 2.72 bits per heavy atom. The van der Waals surface area contributed by atoms with Gasteiger partial charge in [-0.3, -0.25) is 9.79 Å². The van der Waals surface area contributed by atoms with Gasteiger partial charge in [0, 0.05) is 56.9 Å². The van der Waals surface area contributed by atoms with Crippen molar-refractivity contribution >= 4 is 17.6 Å². The molecule has 0 bridgehead atoms. The number of nitrogens with zero attached hydrogens (tertiary/aromatic N) is 1. The van der Waals surface area contributed by atoms with Crippen molar-refractivity contribution in [2.45, 2.75) is 59.4 Å². The predicted octanol–water partition coefficient (Wildman–Crippen LogP) is 3.57. The first-order valence-electron chi connectivity index (χ1n) is 11.8. The Hall–Kier alpha value is -2.48. The number of guanidine groups is 1. The molecule has 3 N–H and O–H groups in total. The van der Waals surface area contributed by atoms with Crippen LogP contribution in [0.1, 0.15) is 53.4 Å². The van der Waals surface area contributed by atoms with Crippen molar-refractivity contribution in [2.24, 2.45) is 10.9 Å². The lowest BCUT2D eigenvalue weighted by Crippen LogP contribution is -2.37. The van der Waals surface area contributed by atoms with E-state index in [1.807, 2.05) is 25.1 Å². The number of ether oxygens (including phenoxy) is 3. The Kier molecular flexibility index (Phi) is 11.7. The number of hydrogen-bond donors (Lipinski definition) is 3. The highest BCUT2D eigenvalue weighted by Crippen LogP contribution is 2.32. The van der Waals surface area contributed by atoms with Crippen LogP contribution in [-0.4, -0.2) is 57.4 Å². The molecule has 0 saturated carbocycles. The Morgan fingerprint density at radius 2 is 1.97 bits per heavy atom. The van der Waals surface area contributed by atoms with E-state index in [-0.39, 0.29) is 11.9 Å². The second-order valence-corrected chi connectivity index (χ2v) is 8.44. The molecule has 1 aliphatic heterocycles. The summed E-state index contributed by atoms with van der Waals surface area (Å²) in [5.74, 6) is 2.66. The lowest BCUT2D eigenvalue weighted by atomic mass is 10.2. The van der Waals surface area contributed by atoms with Crippen LogP contribution < -0.4 is 25.4 Å². The molecule has 180 valence electrons. The van der Waals surface area contributed by atoms with Crippen LogP contribution in [0.15, 0.2) is 23.2 Å². The minimum Gasteiger partial charge on any atom is -0.490 e. The summed E-state index contributed by atoms with van der Waals surface area (Å²) in [5.41, 5.74) is 0.848. The zero-order valence-electron chi connectivity index (χ0n) is 20.0. The van der Waals surface area contributed by atoms with Crippen molar-refractivity contribution in [3.8, 4) is 11.5 Å². The van der Waals surface area contributed by atoms with E-state index in [0.29, 0.717) is 51.2 Å². The van der Waals surface area contributed by atoms with E-state index in [9.17, 15) is 4.79 Å². The number of benzene rings is 1. The van der Waals surface area contributed by atoms with Crippen molar-refractivity contribution in [3.05, 3.63) is 18.2 Å². The maximum Gasteiger partial charge on any atom is 0.221 e. The Labute approximate surface area is 192 Å². The summed E-state index contributed by atoms with van der Waals surface area (Å²) in [6.07, 6.45) is 2.98. The van der Waals surface area contributed by atoms with Crippen molar-refractivity contribution in [1.82, 2.24) is 10.6 Å². The van der Waals surface area contributed by atoms with Gasteiger partial charge in [0.1, 0.15) is 0 Å². The predicted molar refractivity (Wildman–Crippen MR) is 129 cm³/mol. The van der Waals surface area contributed by atoms with Gasteiger partial charge in [-0.2, -0.15) is 0 Å². The van der Waals surface area contributed by atoms with Crippen LogP contribution in [0.2, 0.25) is 0 Å². The molecule has 8 heteroatoms. The molecule has 32 heavy (non-hydrogen) atoms. The van der Waals surface area contributed by atoms with Gasteiger partial charge in [0.25, 0.3) is 0 Å². The summed E-state index contributed by atoms with van der Waals surface area (Å²) in [4.78, 5) is 16.7. The normalized spacial score (nSPS) is 14.6. The monoisotopic (exact) mass is 448 g/mol. The number of amides is 1. The molecule has 1 unspecified atom stereocenters. The second-order valence-electron chi connectivity index (χ2n) is 8.44. The van der Waals surface area contributed by atoms with Crippen LogP contribution in [0, 0.1) is 5.92 Å². The van der Waals surface area contributed by atoms with Crippen LogP contribution in [0.3, 0.4) is 0 Å². The second kappa shape index (κ2) is 14.6. The fourth-order valence-electron chi connectivity index (χ4n) is 2.94. The zero-order valence-corrected chi connectivity index (χ0v) is 20.0. The molecule has 1 atom stereocenters. The van der Waals surface area contributed by atoms with Crippen molar-refractivity contribution in [2.75, 3.05) is 44.8 Å². The molecule has 1 aromatic rings. The fourth-order valence-corrected chi connectivity index (χ4v) is 2.94.